The molecular weight excluding hydrogens is 216 g/mol. The molecule has 17 heavy (non-hydrogen) atoms. The van der Waals surface area contributed by atoms with E-state index in [2.05, 4.69) is 20.1 Å². The highest BCUT2D eigenvalue weighted by Crippen LogP contribution is 2.19. The van der Waals surface area contributed by atoms with Crippen molar-refractivity contribution < 1.29 is 4.52 Å². The van der Waals surface area contributed by atoms with Gasteiger partial charge in [-0.15, -0.1) is 0 Å². The average Bonchev–Trinajstić information content (AvgIpc) is 2.90. The van der Waals surface area contributed by atoms with E-state index in [4.69, 9.17) is 4.52 Å². The van der Waals surface area contributed by atoms with E-state index >= 15 is 0 Å². The first-order chi connectivity index (χ1) is 8.43. The molecule has 2 aromatic heterocycles. The summed E-state index contributed by atoms with van der Waals surface area (Å²) in [4.78, 5) is 12.3. The minimum Gasteiger partial charge on any atom is -0.332 e. The molecule has 0 bridgehead atoms. The van der Waals surface area contributed by atoms with Gasteiger partial charge in [0.05, 0.1) is 6.20 Å². The maximum atomic E-state index is 5.14. The average molecular weight is 224 g/mol. The van der Waals surface area contributed by atoms with Crippen LogP contribution in [0.2, 0.25) is 0 Å². The second-order valence-corrected chi connectivity index (χ2v) is 3.38. The zero-order valence-corrected chi connectivity index (χ0v) is 8.82. The molecule has 0 spiro atoms. The fourth-order valence-corrected chi connectivity index (χ4v) is 1.44. The van der Waals surface area contributed by atoms with Gasteiger partial charge in [0.25, 0.3) is 5.89 Å². The van der Waals surface area contributed by atoms with Crippen LogP contribution in [0.25, 0.3) is 23.0 Å². The topological polar surface area (TPSA) is 64.7 Å². The fourth-order valence-electron chi connectivity index (χ4n) is 1.44. The van der Waals surface area contributed by atoms with Gasteiger partial charge in [0.2, 0.25) is 5.82 Å². The van der Waals surface area contributed by atoms with Crippen LogP contribution in [0.3, 0.4) is 0 Å². The van der Waals surface area contributed by atoms with Crippen molar-refractivity contribution in [2.45, 2.75) is 0 Å². The summed E-state index contributed by atoms with van der Waals surface area (Å²) < 4.78 is 5.14. The van der Waals surface area contributed by atoms with Crippen molar-refractivity contribution in [2.75, 3.05) is 0 Å². The molecule has 5 nitrogen and oxygen atoms in total. The smallest absolute Gasteiger partial charge is 0.278 e. The molecule has 0 aliphatic rings. The zero-order valence-electron chi connectivity index (χ0n) is 8.82. The van der Waals surface area contributed by atoms with Crippen molar-refractivity contribution in [3.63, 3.8) is 0 Å². The lowest BCUT2D eigenvalue weighted by Crippen LogP contribution is -1.84. The van der Waals surface area contributed by atoms with Crippen LogP contribution in [0.1, 0.15) is 0 Å². The van der Waals surface area contributed by atoms with Gasteiger partial charge in [0, 0.05) is 18.0 Å². The molecule has 0 atom stereocenters. The van der Waals surface area contributed by atoms with E-state index in [9.17, 15) is 0 Å². The zero-order chi connectivity index (χ0) is 11.5. The van der Waals surface area contributed by atoms with Crippen LogP contribution in [0.4, 0.5) is 0 Å². The highest BCUT2D eigenvalue weighted by atomic mass is 16.5. The Kier molecular flexibility index (Phi) is 2.34. The third kappa shape index (κ3) is 1.90. The summed E-state index contributed by atoms with van der Waals surface area (Å²) in [6.07, 6.45) is 4.77. The van der Waals surface area contributed by atoms with Crippen LogP contribution in [0.15, 0.2) is 53.4 Å². The summed E-state index contributed by atoms with van der Waals surface area (Å²) in [5.74, 6) is 0.920. The number of hydrogen-bond donors (Lipinski definition) is 0. The highest BCUT2D eigenvalue weighted by Gasteiger charge is 2.10. The Labute approximate surface area is 97.2 Å². The van der Waals surface area contributed by atoms with E-state index in [1.54, 1.807) is 18.6 Å². The number of rotatable bonds is 2. The number of aromatic nitrogens is 4. The molecule has 0 saturated heterocycles. The third-order valence-electron chi connectivity index (χ3n) is 2.24. The minimum atomic E-state index is 0.372. The molecule has 0 unspecified atom stereocenters. The van der Waals surface area contributed by atoms with Gasteiger partial charge >= 0.3 is 0 Å². The molecule has 0 saturated carbocycles. The molecule has 82 valence electrons. The maximum absolute atomic E-state index is 5.14. The molecular formula is C12H8N4O. The Hall–Kier alpha value is -2.56. The predicted molar refractivity (Wildman–Crippen MR) is 60.8 cm³/mol. The summed E-state index contributed by atoms with van der Waals surface area (Å²) >= 11 is 0. The van der Waals surface area contributed by atoms with Crippen LogP contribution in [-0.4, -0.2) is 20.1 Å². The summed E-state index contributed by atoms with van der Waals surface area (Å²) in [6, 6.07) is 9.63. The van der Waals surface area contributed by atoms with Gasteiger partial charge < -0.3 is 4.52 Å². The Morgan fingerprint density at radius 3 is 2.65 bits per heavy atom. The van der Waals surface area contributed by atoms with Gasteiger partial charge in [0.15, 0.2) is 0 Å². The van der Waals surface area contributed by atoms with Gasteiger partial charge in [-0.2, -0.15) is 4.98 Å². The predicted octanol–water partition coefficient (Wildman–Crippen LogP) is 2.19. The third-order valence-corrected chi connectivity index (χ3v) is 2.24. The summed E-state index contributed by atoms with van der Waals surface area (Å²) in [7, 11) is 0. The maximum Gasteiger partial charge on any atom is 0.278 e. The lowest BCUT2D eigenvalue weighted by molar-refractivity contribution is 0.431. The van der Waals surface area contributed by atoms with Crippen molar-refractivity contribution in [1.29, 1.82) is 0 Å². The van der Waals surface area contributed by atoms with E-state index in [-0.39, 0.29) is 0 Å². The Morgan fingerprint density at radius 1 is 1.00 bits per heavy atom. The lowest BCUT2D eigenvalue weighted by Gasteiger charge is -1.91. The normalized spacial score (nSPS) is 10.4. The number of nitrogens with zero attached hydrogens (tertiary/aromatic N) is 4. The van der Waals surface area contributed by atoms with Gasteiger partial charge in [-0.05, 0) is 0 Å². The van der Waals surface area contributed by atoms with E-state index < -0.39 is 0 Å². The standard InChI is InChI=1S/C12H8N4O/c1-2-4-9(5-3-1)11-15-12(17-16-11)10-8-13-6-7-14-10/h1-8H. The molecule has 3 rings (SSSR count). The Bertz CT molecular complexity index is 553. The first-order valence-electron chi connectivity index (χ1n) is 5.09. The Morgan fingerprint density at radius 2 is 1.88 bits per heavy atom. The SMILES string of the molecule is c1ccc(-c2noc(-c3cnccn3)n2)cc1. The molecule has 2 heterocycles. The molecule has 0 fully saturated rings. The van der Waals surface area contributed by atoms with E-state index in [1.165, 1.54) is 0 Å². The van der Waals surface area contributed by atoms with Crippen molar-refractivity contribution in [3.05, 3.63) is 48.9 Å². The monoisotopic (exact) mass is 224 g/mol. The van der Waals surface area contributed by atoms with Crippen molar-refractivity contribution in [2.24, 2.45) is 0 Å². The largest absolute Gasteiger partial charge is 0.332 e. The van der Waals surface area contributed by atoms with Crippen LogP contribution in [-0.2, 0) is 0 Å². The van der Waals surface area contributed by atoms with Gasteiger partial charge in [0.1, 0.15) is 5.69 Å². The van der Waals surface area contributed by atoms with Crippen LogP contribution >= 0.6 is 0 Å². The van der Waals surface area contributed by atoms with Gasteiger partial charge in [-0.25, -0.2) is 4.98 Å². The second-order valence-electron chi connectivity index (χ2n) is 3.38. The molecule has 0 radical (unpaired) electrons. The first-order valence-corrected chi connectivity index (χ1v) is 5.09. The van der Waals surface area contributed by atoms with Crippen molar-refractivity contribution >= 4 is 0 Å². The molecule has 0 N–H and O–H groups in total. The summed E-state index contributed by atoms with van der Waals surface area (Å²) in [6.45, 7) is 0. The van der Waals surface area contributed by atoms with Crippen molar-refractivity contribution in [1.82, 2.24) is 20.1 Å². The van der Waals surface area contributed by atoms with Crippen LogP contribution in [0.5, 0.6) is 0 Å². The highest BCUT2D eigenvalue weighted by molar-refractivity contribution is 5.56. The van der Waals surface area contributed by atoms with Gasteiger partial charge in [-0.1, -0.05) is 35.5 Å². The molecule has 3 aromatic rings. The lowest BCUT2D eigenvalue weighted by atomic mass is 10.2. The van der Waals surface area contributed by atoms with Gasteiger partial charge in [-0.3, -0.25) is 4.98 Å². The quantitative estimate of drug-likeness (QED) is 0.667. The van der Waals surface area contributed by atoms with Crippen molar-refractivity contribution in [3.8, 4) is 23.0 Å². The van der Waals surface area contributed by atoms with E-state index in [1.807, 2.05) is 30.3 Å². The molecule has 1 aromatic carbocycles. The molecule has 0 amide bonds. The number of benzene rings is 1. The number of hydrogen-bond acceptors (Lipinski definition) is 5. The second kappa shape index (κ2) is 4.13. The Balaban J connectivity index is 1.99. The molecule has 0 aliphatic heterocycles. The van der Waals surface area contributed by atoms with E-state index in [0.29, 0.717) is 17.4 Å². The first kappa shape index (κ1) is 9.65. The van der Waals surface area contributed by atoms with E-state index in [0.717, 1.165) is 5.56 Å². The van der Waals surface area contributed by atoms with Crippen LogP contribution < -0.4 is 0 Å². The fraction of sp³-hybridized carbons (Fsp3) is 0. The summed E-state index contributed by atoms with van der Waals surface area (Å²) in [5.41, 5.74) is 1.48. The molecule has 0 aliphatic carbocycles. The van der Waals surface area contributed by atoms with Crippen LogP contribution in [0, 0.1) is 0 Å². The molecule has 5 heteroatoms. The summed E-state index contributed by atoms with van der Waals surface area (Å²) in [5, 5.41) is 3.91. The minimum absolute atomic E-state index is 0.372.